The van der Waals surface area contributed by atoms with E-state index in [0.29, 0.717) is 32.4 Å². The van der Waals surface area contributed by atoms with Crippen molar-refractivity contribution in [3.05, 3.63) is 0 Å². The molecule has 0 aliphatic carbocycles. The molecule has 106 valence electrons. The zero-order valence-electron chi connectivity index (χ0n) is 12.1. The molecule has 0 heterocycles. The Morgan fingerprint density at radius 1 is 1.06 bits per heavy atom. The lowest BCUT2D eigenvalue weighted by atomic mass is 10.0. The maximum Gasteiger partial charge on any atom is 0.220 e. The number of carbonyl (C=O) groups is 2. The van der Waals surface area contributed by atoms with E-state index in [-0.39, 0.29) is 23.7 Å². The van der Waals surface area contributed by atoms with Crippen molar-refractivity contribution < 1.29 is 14.3 Å². The monoisotopic (exact) mass is 257 g/mol. The predicted octanol–water partition coefficient (Wildman–Crippen LogP) is 2.31. The lowest BCUT2D eigenvalue weighted by Gasteiger charge is -2.08. The number of rotatable bonds is 10. The molecule has 0 saturated carbocycles. The van der Waals surface area contributed by atoms with E-state index in [0.717, 1.165) is 6.42 Å². The van der Waals surface area contributed by atoms with Gasteiger partial charge in [0.05, 0.1) is 6.10 Å². The number of ether oxygens (including phenoxy) is 1. The topological polar surface area (TPSA) is 55.4 Å². The molecule has 0 atom stereocenters. The maximum atomic E-state index is 11.4. The first-order chi connectivity index (χ1) is 8.43. The first kappa shape index (κ1) is 17.1. The van der Waals surface area contributed by atoms with Gasteiger partial charge in [-0.2, -0.15) is 0 Å². The molecular formula is C14H27NO3. The van der Waals surface area contributed by atoms with Gasteiger partial charge in [-0.1, -0.05) is 13.8 Å². The van der Waals surface area contributed by atoms with Crippen molar-refractivity contribution in [2.24, 2.45) is 5.92 Å². The Morgan fingerprint density at radius 3 is 2.28 bits per heavy atom. The van der Waals surface area contributed by atoms with E-state index in [2.05, 4.69) is 5.32 Å². The fraction of sp³-hybridized carbons (Fsp3) is 0.857. The molecule has 0 fully saturated rings. The number of nitrogens with one attached hydrogen (secondary N) is 1. The van der Waals surface area contributed by atoms with E-state index in [1.807, 2.05) is 27.7 Å². The van der Waals surface area contributed by atoms with Crippen LogP contribution >= 0.6 is 0 Å². The van der Waals surface area contributed by atoms with Gasteiger partial charge in [-0.05, 0) is 26.7 Å². The minimum Gasteiger partial charge on any atom is -0.379 e. The van der Waals surface area contributed by atoms with Crippen LogP contribution in [0.3, 0.4) is 0 Å². The highest BCUT2D eigenvalue weighted by atomic mass is 16.5. The van der Waals surface area contributed by atoms with Crippen molar-refractivity contribution in [1.82, 2.24) is 5.32 Å². The van der Waals surface area contributed by atoms with E-state index in [1.54, 1.807) is 0 Å². The quantitative estimate of drug-likeness (QED) is 0.611. The van der Waals surface area contributed by atoms with Crippen molar-refractivity contribution in [1.29, 1.82) is 0 Å². The molecule has 4 nitrogen and oxygen atoms in total. The van der Waals surface area contributed by atoms with Gasteiger partial charge in [0.25, 0.3) is 0 Å². The molecule has 0 spiro atoms. The summed E-state index contributed by atoms with van der Waals surface area (Å²) in [6.45, 7) is 9.07. The predicted molar refractivity (Wildman–Crippen MR) is 72.4 cm³/mol. The minimum absolute atomic E-state index is 0.0242. The molecule has 0 aromatic heterocycles. The Morgan fingerprint density at radius 2 is 1.72 bits per heavy atom. The van der Waals surface area contributed by atoms with E-state index in [9.17, 15) is 9.59 Å². The van der Waals surface area contributed by atoms with Crippen LogP contribution in [0, 0.1) is 5.92 Å². The van der Waals surface area contributed by atoms with E-state index in [4.69, 9.17) is 4.74 Å². The van der Waals surface area contributed by atoms with E-state index in [1.165, 1.54) is 0 Å². The summed E-state index contributed by atoms with van der Waals surface area (Å²) >= 11 is 0. The van der Waals surface area contributed by atoms with Gasteiger partial charge < -0.3 is 10.1 Å². The van der Waals surface area contributed by atoms with Crippen LogP contribution in [0.15, 0.2) is 0 Å². The zero-order chi connectivity index (χ0) is 14.0. The number of carbonyl (C=O) groups excluding carboxylic acids is 2. The van der Waals surface area contributed by atoms with Crippen LogP contribution in [0.2, 0.25) is 0 Å². The maximum absolute atomic E-state index is 11.4. The zero-order valence-corrected chi connectivity index (χ0v) is 12.1. The minimum atomic E-state index is 0.0242. The Hall–Kier alpha value is -0.900. The van der Waals surface area contributed by atoms with Crippen molar-refractivity contribution in [2.75, 3.05) is 13.2 Å². The molecule has 0 unspecified atom stereocenters. The molecular weight excluding hydrogens is 230 g/mol. The Kier molecular flexibility index (Phi) is 9.56. The van der Waals surface area contributed by atoms with Gasteiger partial charge in [0, 0.05) is 31.9 Å². The first-order valence-electron chi connectivity index (χ1n) is 6.84. The van der Waals surface area contributed by atoms with Gasteiger partial charge in [0.1, 0.15) is 5.78 Å². The van der Waals surface area contributed by atoms with Crippen LogP contribution < -0.4 is 5.32 Å². The lowest BCUT2D eigenvalue weighted by Crippen LogP contribution is -2.25. The molecule has 0 bridgehead atoms. The van der Waals surface area contributed by atoms with Crippen LogP contribution in [-0.2, 0) is 14.3 Å². The molecule has 18 heavy (non-hydrogen) atoms. The summed E-state index contributed by atoms with van der Waals surface area (Å²) in [6, 6.07) is 0. The second kappa shape index (κ2) is 10.1. The average Bonchev–Trinajstić information content (AvgIpc) is 2.27. The van der Waals surface area contributed by atoms with Gasteiger partial charge in [0.15, 0.2) is 0 Å². The van der Waals surface area contributed by atoms with Gasteiger partial charge >= 0.3 is 0 Å². The highest BCUT2D eigenvalue weighted by Crippen LogP contribution is 2.04. The molecule has 0 aromatic carbocycles. The van der Waals surface area contributed by atoms with Crippen molar-refractivity contribution in [3.63, 3.8) is 0 Å². The highest BCUT2D eigenvalue weighted by molar-refractivity contribution is 5.81. The molecule has 1 N–H and O–H groups in total. The van der Waals surface area contributed by atoms with Crippen LogP contribution in [0.4, 0.5) is 0 Å². The van der Waals surface area contributed by atoms with Gasteiger partial charge in [0.2, 0.25) is 5.91 Å². The second-order valence-corrected chi connectivity index (χ2v) is 5.10. The van der Waals surface area contributed by atoms with Gasteiger partial charge in [-0.15, -0.1) is 0 Å². The standard InChI is InChI=1S/C14H27NO3/c1-11(2)13(16)7-5-8-14(17)15-9-6-10-18-12(3)4/h11-12H,5-10H2,1-4H3,(H,15,17). The summed E-state index contributed by atoms with van der Waals surface area (Å²) in [7, 11) is 0. The Labute approximate surface area is 110 Å². The number of amides is 1. The highest BCUT2D eigenvalue weighted by Gasteiger charge is 2.08. The molecule has 1 amide bonds. The number of Topliss-reactive ketones (excluding diaryl/α,β-unsaturated/α-hetero) is 1. The van der Waals surface area contributed by atoms with Crippen LogP contribution in [0.5, 0.6) is 0 Å². The van der Waals surface area contributed by atoms with Gasteiger partial charge in [-0.3, -0.25) is 9.59 Å². The van der Waals surface area contributed by atoms with Crippen molar-refractivity contribution in [2.45, 2.75) is 59.5 Å². The Bertz CT molecular complexity index is 249. The van der Waals surface area contributed by atoms with Crippen molar-refractivity contribution in [3.8, 4) is 0 Å². The van der Waals surface area contributed by atoms with Crippen LogP contribution in [0.1, 0.15) is 53.4 Å². The smallest absolute Gasteiger partial charge is 0.220 e. The fourth-order valence-corrected chi connectivity index (χ4v) is 1.42. The normalized spacial score (nSPS) is 11.0. The third-order valence-corrected chi connectivity index (χ3v) is 2.57. The van der Waals surface area contributed by atoms with E-state index >= 15 is 0 Å². The van der Waals surface area contributed by atoms with E-state index < -0.39 is 0 Å². The lowest BCUT2D eigenvalue weighted by molar-refractivity contribution is -0.122. The summed E-state index contributed by atoms with van der Waals surface area (Å²) in [5, 5.41) is 2.83. The summed E-state index contributed by atoms with van der Waals surface area (Å²) in [5.41, 5.74) is 0. The first-order valence-corrected chi connectivity index (χ1v) is 6.84. The Balaban J connectivity index is 3.41. The molecule has 0 aliphatic heterocycles. The summed E-state index contributed by atoms with van der Waals surface area (Å²) in [4.78, 5) is 22.8. The number of hydrogen-bond donors (Lipinski definition) is 1. The third-order valence-electron chi connectivity index (χ3n) is 2.57. The SMILES string of the molecule is CC(C)OCCCNC(=O)CCCC(=O)C(C)C. The number of hydrogen-bond acceptors (Lipinski definition) is 3. The van der Waals surface area contributed by atoms with Gasteiger partial charge in [-0.25, -0.2) is 0 Å². The van der Waals surface area contributed by atoms with Crippen LogP contribution in [-0.4, -0.2) is 30.9 Å². The van der Waals surface area contributed by atoms with Crippen molar-refractivity contribution >= 4 is 11.7 Å². The largest absolute Gasteiger partial charge is 0.379 e. The summed E-state index contributed by atoms with van der Waals surface area (Å²) < 4.78 is 5.37. The summed E-state index contributed by atoms with van der Waals surface area (Å²) in [6.07, 6.45) is 2.65. The molecule has 0 saturated heterocycles. The summed E-state index contributed by atoms with van der Waals surface area (Å²) in [5.74, 6) is 0.325. The second-order valence-electron chi connectivity index (χ2n) is 5.10. The van der Waals surface area contributed by atoms with Crippen LogP contribution in [0.25, 0.3) is 0 Å². The third kappa shape index (κ3) is 10.3. The average molecular weight is 257 g/mol. The molecule has 4 heteroatoms. The fourth-order valence-electron chi connectivity index (χ4n) is 1.42. The molecule has 0 aromatic rings. The molecule has 0 rings (SSSR count). The molecule has 0 radical (unpaired) electrons. The number of ketones is 1. The molecule has 0 aliphatic rings.